The first kappa shape index (κ1) is 10.8. The average molecular weight is 181 g/mol. The van der Waals surface area contributed by atoms with Crippen molar-refractivity contribution in [3.63, 3.8) is 0 Å². The summed E-state index contributed by atoms with van der Waals surface area (Å²) < 4.78 is 14.2. The van der Waals surface area contributed by atoms with Crippen LogP contribution in [-0.4, -0.2) is 28.7 Å². The first-order valence-corrected chi connectivity index (χ1v) is 4.62. The molecule has 0 amide bonds. The second-order valence-corrected chi connectivity index (χ2v) is 3.39. The van der Waals surface area contributed by atoms with Crippen LogP contribution in [0.2, 0.25) is 0 Å². The van der Waals surface area contributed by atoms with Crippen LogP contribution in [0.4, 0.5) is 0 Å². The van der Waals surface area contributed by atoms with Gasteiger partial charge in [-0.1, -0.05) is 0 Å². The van der Waals surface area contributed by atoms with Gasteiger partial charge in [0.2, 0.25) is 0 Å². The summed E-state index contributed by atoms with van der Waals surface area (Å²) in [6.07, 6.45) is 0. The minimum atomic E-state index is -4.29. The molecule has 0 aromatic heterocycles. The smallest absolute Gasteiger partial charge is 0.303 e. The lowest BCUT2D eigenvalue weighted by Gasteiger charge is -2.01. The van der Waals surface area contributed by atoms with Gasteiger partial charge in [0, 0.05) is 5.71 Å². The van der Waals surface area contributed by atoms with E-state index in [9.17, 15) is 4.57 Å². The third-order valence-electron chi connectivity index (χ3n) is 0.779. The Morgan fingerprint density at radius 3 is 2.45 bits per heavy atom. The molecule has 66 valence electrons. The van der Waals surface area contributed by atoms with Crippen LogP contribution in [0.3, 0.4) is 0 Å². The monoisotopic (exact) mass is 181 g/mol. The molecule has 0 aliphatic rings. The van der Waals surface area contributed by atoms with E-state index < -0.39 is 7.82 Å². The number of hydrogen-bond donors (Lipinski definition) is 2. The van der Waals surface area contributed by atoms with Gasteiger partial charge in [0.1, 0.15) is 0 Å². The van der Waals surface area contributed by atoms with E-state index in [1.54, 1.807) is 13.8 Å². The van der Waals surface area contributed by atoms with E-state index in [0.717, 1.165) is 5.71 Å². The Bertz CT molecular complexity index is 181. The van der Waals surface area contributed by atoms with Gasteiger partial charge in [-0.15, -0.1) is 0 Å². The summed E-state index contributed by atoms with van der Waals surface area (Å²) in [5.74, 6) is 0. The summed E-state index contributed by atoms with van der Waals surface area (Å²) >= 11 is 0. The van der Waals surface area contributed by atoms with Crippen molar-refractivity contribution >= 4 is 13.5 Å². The third-order valence-corrected chi connectivity index (χ3v) is 1.30. The molecule has 11 heavy (non-hydrogen) atoms. The third kappa shape index (κ3) is 9.78. The van der Waals surface area contributed by atoms with E-state index in [1.807, 2.05) is 0 Å². The van der Waals surface area contributed by atoms with Crippen molar-refractivity contribution in [1.82, 2.24) is 0 Å². The zero-order chi connectivity index (χ0) is 8.91. The lowest BCUT2D eigenvalue weighted by atomic mass is 10.5. The van der Waals surface area contributed by atoms with E-state index in [-0.39, 0.29) is 13.2 Å². The molecule has 0 saturated heterocycles. The first-order chi connectivity index (χ1) is 4.92. The molecule has 0 atom stereocenters. The number of rotatable bonds is 4. The summed E-state index contributed by atoms with van der Waals surface area (Å²) in [4.78, 5) is 20.3. The fourth-order valence-electron chi connectivity index (χ4n) is 0.429. The van der Waals surface area contributed by atoms with Crippen LogP contribution < -0.4 is 0 Å². The molecule has 0 fully saturated rings. The molecule has 5 nitrogen and oxygen atoms in total. The number of hydrogen-bond acceptors (Lipinski definition) is 3. The van der Waals surface area contributed by atoms with E-state index in [4.69, 9.17) is 9.79 Å². The maximum absolute atomic E-state index is 10.1. The highest BCUT2D eigenvalue weighted by molar-refractivity contribution is 7.46. The van der Waals surface area contributed by atoms with Crippen molar-refractivity contribution in [1.29, 1.82) is 0 Å². The standard InChI is InChI=1S/C5H12NO4P/c1-5(2)6-3-4-10-11(7,8)9/h3-4H2,1-2H3,(H2,7,8,9). The van der Waals surface area contributed by atoms with Crippen LogP contribution in [0.5, 0.6) is 0 Å². The number of nitrogens with zero attached hydrogens (tertiary/aromatic N) is 1. The SMILES string of the molecule is CC(C)=NCCOP(=O)(O)O. The maximum Gasteiger partial charge on any atom is 0.469 e. The van der Waals surface area contributed by atoms with Crippen LogP contribution >= 0.6 is 7.82 Å². The highest BCUT2D eigenvalue weighted by atomic mass is 31.2. The Morgan fingerprint density at radius 1 is 1.55 bits per heavy atom. The molecule has 0 heterocycles. The van der Waals surface area contributed by atoms with Crippen LogP contribution in [0, 0.1) is 0 Å². The van der Waals surface area contributed by atoms with Crippen molar-refractivity contribution < 1.29 is 18.9 Å². The molecule has 0 aliphatic heterocycles. The van der Waals surface area contributed by atoms with Crippen molar-refractivity contribution in [3.05, 3.63) is 0 Å². The van der Waals surface area contributed by atoms with Crippen molar-refractivity contribution in [2.24, 2.45) is 4.99 Å². The second kappa shape index (κ2) is 4.62. The predicted octanol–water partition coefficient (Wildman–Crippen LogP) is 0.576. The normalized spacial score (nSPS) is 11.3. The van der Waals surface area contributed by atoms with Crippen molar-refractivity contribution in [3.8, 4) is 0 Å². The van der Waals surface area contributed by atoms with Gasteiger partial charge in [-0.25, -0.2) is 4.57 Å². The summed E-state index contributed by atoms with van der Waals surface area (Å²) in [6, 6.07) is 0. The molecule has 0 aromatic rings. The van der Waals surface area contributed by atoms with Gasteiger partial charge in [0.15, 0.2) is 0 Å². The van der Waals surface area contributed by atoms with Crippen molar-refractivity contribution in [2.75, 3.05) is 13.2 Å². The summed E-state index contributed by atoms with van der Waals surface area (Å²) in [6.45, 7) is 3.85. The molecule has 0 unspecified atom stereocenters. The minimum absolute atomic E-state index is 0.0462. The topological polar surface area (TPSA) is 79.1 Å². The molecule has 2 N–H and O–H groups in total. The lowest BCUT2D eigenvalue weighted by molar-refractivity contribution is 0.202. The highest BCUT2D eigenvalue weighted by Crippen LogP contribution is 2.35. The largest absolute Gasteiger partial charge is 0.469 e. The van der Waals surface area contributed by atoms with Crippen LogP contribution in [0.15, 0.2) is 4.99 Å². The van der Waals surface area contributed by atoms with E-state index in [2.05, 4.69) is 9.52 Å². The van der Waals surface area contributed by atoms with Crippen molar-refractivity contribution in [2.45, 2.75) is 13.8 Å². The highest BCUT2D eigenvalue weighted by Gasteiger charge is 2.11. The zero-order valence-corrected chi connectivity index (χ0v) is 7.41. The van der Waals surface area contributed by atoms with Gasteiger partial charge >= 0.3 is 7.82 Å². The molecule has 0 bridgehead atoms. The molecule has 0 aliphatic carbocycles. The van der Waals surface area contributed by atoms with Crippen LogP contribution in [0.25, 0.3) is 0 Å². The van der Waals surface area contributed by atoms with Gasteiger partial charge in [0.25, 0.3) is 0 Å². The second-order valence-electron chi connectivity index (χ2n) is 2.15. The van der Waals surface area contributed by atoms with Gasteiger partial charge in [-0.2, -0.15) is 0 Å². The minimum Gasteiger partial charge on any atom is -0.303 e. The molecule has 0 spiro atoms. The molecule has 0 saturated carbocycles. The first-order valence-electron chi connectivity index (χ1n) is 3.09. The fraction of sp³-hybridized carbons (Fsp3) is 0.800. The number of phosphoric acid groups is 1. The summed E-state index contributed by atoms with van der Waals surface area (Å²) in [5, 5.41) is 0. The quantitative estimate of drug-likeness (QED) is 0.377. The molecule has 0 aromatic carbocycles. The van der Waals surface area contributed by atoms with Crippen LogP contribution in [-0.2, 0) is 9.09 Å². The summed E-state index contributed by atoms with van der Waals surface area (Å²) in [5.41, 5.74) is 0.860. The maximum atomic E-state index is 10.1. The van der Waals surface area contributed by atoms with Crippen LogP contribution in [0.1, 0.15) is 13.8 Å². The molecular formula is C5H12NO4P. The van der Waals surface area contributed by atoms with E-state index >= 15 is 0 Å². The van der Waals surface area contributed by atoms with Gasteiger partial charge in [-0.05, 0) is 13.8 Å². The average Bonchev–Trinajstić information content (AvgIpc) is 1.78. The molecular weight excluding hydrogens is 169 g/mol. The Kier molecular flexibility index (Phi) is 4.52. The lowest BCUT2D eigenvalue weighted by Crippen LogP contribution is -1.97. The molecule has 6 heteroatoms. The number of aliphatic imine (C=N–C) groups is 1. The van der Waals surface area contributed by atoms with Gasteiger partial charge in [0.05, 0.1) is 13.2 Å². The fourth-order valence-corrected chi connectivity index (χ4v) is 0.748. The Hall–Kier alpha value is -0.220. The summed E-state index contributed by atoms with van der Waals surface area (Å²) in [7, 11) is -4.29. The predicted molar refractivity (Wildman–Crippen MR) is 41.6 cm³/mol. The van der Waals surface area contributed by atoms with Gasteiger partial charge in [-0.3, -0.25) is 9.52 Å². The molecule has 0 radical (unpaired) electrons. The Morgan fingerprint density at radius 2 is 2.09 bits per heavy atom. The number of phosphoric ester groups is 1. The Labute approximate surface area is 65.3 Å². The zero-order valence-electron chi connectivity index (χ0n) is 6.52. The van der Waals surface area contributed by atoms with E-state index in [0.29, 0.717) is 0 Å². The van der Waals surface area contributed by atoms with E-state index in [1.165, 1.54) is 0 Å². The molecule has 0 rings (SSSR count). The van der Waals surface area contributed by atoms with Gasteiger partial charge < -0.3 is 9.79 Å². The Balaban J connectivity index is 3.44.